The van der Waals surface area contributed by atoms with Crippen molar-refractivity contribution in [2.24, 2.45) is 0 Å². The molecule has 3 aromatic rings. The molecule has 28 heavy (non-hydrogen) atoms. The van der Waals surface area contributed by atoms with Gasteiger partial charge in [-0.3, -0.25) is 4.98 Å². The second kappa shape index (κ2) is 8.17. The molecule has 146 valence electrons. The molecular formula is C23H28N4O. The maximum absolute atomic E-state index is 5.16. The van der Waals surface area contributed by atoms with Crippen molar-refractivity contribution in [3.8, 4) is 0 Å². The van der Waals surface area contributed by atoms with Crippen LogP contribution in [0.1, 0.15) is 23.7 Å². The minimum atomic E-state index is 0.702. The van der Waals surface area contributed by atoms with Crippen LogP contribution in [0.3, 0.4) is 0 Å². The van der Waals surface area contributed by atoms with Crippen molar-refractivity contribution in [1.29, 1.82) is 0 Å². The van der Waals surface area contributed by atoms with Gasteiger partial charge in [-0.25, -0.2) is 0 Å². The van der Waals surface area contributed by atoms with E-state index in [1.165, 1.54) is 33.3 Å². The lowest BCUT2D eigenvalue weighted by Crippen LogP contribution is -2.26. The van der Waals surface area contributed by atoms with Crippen LogP contribution in [0.25, 0.3) is 22.7 Å². The van der Waals surface area contributed by atoms with Crippen molar-refractivity contribution in [2.45, 2.75) is 19.9 Å². The third kappa shape index (κ3) is 3.68. The maximum atomic E-state index is 5.16. The quantitative estimate of drug-likeness (QED) is 0.658. The van der Waals surface area contributed by atoms with E-state index in [-0.39, 0.29) is 0 Å². The summed E-state index contributed by atoms with van der Waals surface area (Å²) in [6.45, 7) is 5.76. The molecule has 0 radical (unpaired) electrons. The molecule has 0 saturated carbocycles. The van der Waals surface area contributed by atoms with E-state index in [1.807, 2.05) is 12.4 Å². The van der Waals surface area contributed by atoms with Crippen LogP contribution < -0.4 is 5.32 Å². The van der Waals surface area contributed by atoms with Crippen LogP contribution >= 0.6 is 0 Å². The molecule has 2 aromatic heterocycles. The van der Waals surface area contributed by atoms with Crippen LogP contribution in [0.4, 0.5) is 5.69 Å². The van der Waals surface area contributed by atoms with Gasteiger partial charge in [-0.05, 0) is 61.0 Å². The van der Waals surface area contributed by atoms with E-state index in [0.717, 1.165) is 31.7 Å². The molecule has 3 heterocycles. The van der Waals surface area contributed by atoms with E-state index in [9.17, 15) is 0 Å². The number of methoxy groups -OCH3 is 1. The summed E-state index contributed by atoms with van der Waals surface area (Å²) in [4.78, 5) is 6.54. The summed E-state index contributed by atoms with van der Waals surface area (Å²) in [6.07, 6.45) is 7.04. The van der Waals surface area contributed by atoms with Crippen molar-refractivity contribution in [1.82, 2.24) is 14.5 Å². The summed E-state index contributed by atoms with van der Waals surface area (Å²) in [6, 6.07) is 10.8. The molecular weight excluding hydrogens is 348 g/mol. The number of pyridine rings is 1. The lowest BCUT2D eigenvalue weighted by Gasteiger charge is -2.23. The lowest BCUT2D eigenvalue weighted by molar-refractivity contribution is 0.211. The summed E-state index contributed by atoms with van der Waals surface area (Å²) in [5.41, 5.74) is 7.73. The standard InChI is InChI=1S/C23H28N4O/c1-17(18-6-9-24-10-7-18)15-27-22-5-4-19(25-11-13-28-3)14-20(22)21-16-26(2)12-8-23(21)27/h4-7,9-10,14-15,25H,8,11-13,16H2,1-3H3/b17-15-. The maximum Gasteiger partial charge on any atom is 0.0635 e. The first-order chi connectivity index (χ1) is 13.7. The van der Waals surface area contributed by atoms with Crippen molar-refractivity contribution in [3.63, 3.8) is 0 Å². The predicted molar refractivity (Wildman–Crippen MR) is 116 cm³/mol. The molecule has 1 aliphatic rings. The van der Waals surface area contributed by atoms with Gasteiger partial charge in [-0.2, -0.15) is 0 Å². The topological polar surface area (TPSA) is 42.3 Å². The van der Waals surface area contributed by atoms with Crippen LogP contribution in [-0.2, 0) is 17.7 Å². The molecule has 1 aliphatic heterocycles. The highest BCUT2D eigenvalue weighted by Gasteiger charge is 2.22. The number of rotatable bonds is 6. The zero-order chi connectivity index (χ0) is 19.5. The third-order valence-corrected chi connectivity index (χ3v) is 5.47. The van der Waals surface area contributed by atoms with Crippen LogP contribution in [0.15, 0.2) is 42.7 Å². The number of allylic oxidation sites excluding steroid dienone is 1. The molecule has 1 aromatic carbocycles. The predicted octanol–water partition coefficient (Wildman–Crippen LogP) is 4.10. The van der Waals surface area contributed by atoms with E-state index in [0.29, 0.717) is 6.61 Å². The molecule has 5 nitrogen and oxygen atoms in total. The molecule has 4 rings (SSSR count). The highest BCUT2D eigenvalue weighted by molar-refractivity contribution is 5.92. The molecule has 0 aliphatic carbocycles. The van der Waals surface area contributed by atoms with Crippen LogP contribution in [0.2, 0.25) is 0 Å². The molecule has 0 atom stereocenters. The number of hydrogen-bond donors (Lipinski definition) is 1. The van der Waals surface area contributed by atoms with Crippen molar-refractivity contribution in [2.75, 3.05) is 39.2 Å². The Morgan fingerprint density at radius 1 is 1.25 bits per heavy atom. The summed E-state index contributed by atoms with van der Waals surface area (Å²) in [5, 5.41) is 4.80. The summed E-state index contributed by atoms with van der Waals surface area (Å²) in [7, 11) is 3.93. The minimum absolute atomic E-state index is 0.702. The lowest BCUT2D eigenvalue weighted by atomic mass is 10.0. The van der Waals surface area contributed by atoms with Crippen molar-refractivity contribution >= 4 is 28.4 Å². The first-order valence-corrected chi connectivity index (χ1v) is 9.83. The average molecular weight is 377 g/mol. The molecule has 1 N–H and O–H groups in total. The van der Waals surface area contributed by atoms with Crippen LogP contribution in [0.5, 0.6) is 0 Å². The molecule has 5 heteroatoms. The van der Waals surface area contributed by atoms with E-state index in [4.69, 9.17) is 4.74 Å². The van der Waals surface area contributed by atoms with Crippen molar-refractivity contribution < 1.29 is 4.74 Å². The Kier molecular flexibility index (Phi) is 5.46. The third-order valence-electron chi connectivity index (χ3n) is 5.47. The summed E-state index contributed by atoms with van der Waals surface area (Å²) >= 11 is 0. The monoisotopic (exact) mass is 376 g/mol. The average Bonchev–Trinajstić information content (AvgIpc) is 3.01. The number of nitrogens with zero attached hydrogens (tertiary/aromatic N) is 3. The van der Waals surface area contributed by atoms with E-state index in [2.05, 4.69) is 70.3 Å². The van der Waals surface area contributed by atoms with Gasteiger partial charge in [0.2, 0.25) is 0 Å². The highest BCUT2D eigenvalue weighted by Crippen LogP contribution is 2.33. The van der Waals surface area contributed by atoms with Crippen molar-refractivity contribution in [3.05, 3.63) is 59.5 Å². The molecule has 0 amide bonds. The van der Waals surface area contributed by atoms with Crippen LogP contribution in [-0.4, -0.2) is 48.3 Å². The van der Waals surface area contributed by atoms with Gasteiger partial charge in [0.1, 0.15) is 0 Å². The Morgan fingerprint density at radius 3 is 2.86 bits per heavy atom. The van der Waals surface area contributed by atoms with Gasteiger partial charge >= 0.3 is 0 Å². The number of benzene rings is 1. The second-order valence-electron chi connectivity index (χ2n) is 7.48. The number of fused-ring (bicyclic) bond motifs is 3. The van der Waals surface area contributed by atoms with Gasteiger partial charge in [0.25, 0.3) is 0 Å². The largest absolute Gasteiger partial charge is 0.383 e. The summed E-state index contributed by atoms with van der Waals surface area (Å²) < 4.78 is 7.56. The minimum Gasteiger partial charge on any atom is -0.383 e. The molecule has 0 bridgehead atoms. The van der Waals surface area contributed by atoms with Gasteiger partial charge in [-0.1, -0.05) is 0 Å². The van der Waals surface area contributed by atoms with Gasteiger partial charge < -0.3 is 19.5 Å². The molecule has 0 fully saturated rings. The molecule has 0 saturated heterocycles. The van der Waals surface area contributed by atoms with E-state index < -0.39 is 0 Å². The number of likely N-dealkylation sites (N-methyl/N-ethyl adjacent to an activating group) is 1. The van der Waals surface area contributed by atoms with Gasteiger partial charge in [0, 0.05) is 68.5 Å². The number of nitrogens with one attached hydrogen (secondary N) is 1. The fourth-order valence-electron chi connectivity index (χ4n) is 3.97. The van der Waals surface area contributed by atoms with Gasteiger partial charge in [0.05, 0.1) is 12.1 Å². The number of aromatic nitrogens is 2. The molecule has 0 spiro atoms. The zero-order valence-electron chi connectivity index (χ0n) is 16.9. The van der Waals surface area contributed by atoms with Crippen LogP contribution in [0, 0.1) is 0 Å². The Labute approximate surface area is 166 Å². The Balaban J connectivity index is 1.80. The molecule has 0 unspecified atom stereocenters. The fourth-order valence-corrected chi connectivity index (χ4v) is 3.97. The Hall–Kier alpha value is -2.63. The number of anilines is 1. The summed E-state index contributed by atoms with van der Waals surface area (Å²) in [5.74, 6) is 0. The first-order valence-electron chi connectivity index (χ1n) is 9.83. The second-order valence-corrected chi connectivity index (χ2v) is 7.48. The fraction of sp³-hybridized carbons (Fsp3) is 0.348. The normalized spacial score (nSPS) is 15.0. The van der Waals surface area contributed by atoms with E-state index in [1.54, 1.807) is 7.11 Å². The highest BCUT2D eigenvalue weighted by atomic mass is 16.5. The first kappa shape index (κ1) is 18.7. The van der Waals surface area contributed by atoms with Gasteiger partial charge in [0.15, 0.2) is 0 Å². The number of hydrogen-bond acceptors (Lipinski definition) is 4. The van der Waals surface area contributed by atoms with E-state index >= 15 is 0 Å². The van der Waals surface area contributed by atoms with Gasteiger partial charge in [-0.15, -0.1) is 0 Å². The SMILES string of the molecule is COCCNc1ccc2c(c1)c1c(n2/C=C(/C)c2ccncc2)CCN(C)C1. The number of ether oxygens (including phenoxy) is 1. The Morgan fingerprint density at radius 2 is 2.07 bits per heavy atom. The zero-order valence-corrected chi connectivity index (χ0v) is 16.9. The smallest absolute Gasteiger partial charge is 0.0635 e. The Bertz CT molecular complexity index is 991.